The van der Waals surface area contributed by atoms with Crippen molar-refractivity contribution in [1.82, 2.24) is 0 Å². The molecule has 0 amide bonds. The van der Waals surface area contributed by atoms with Crippen molar-refractivity contribution < 1.29 is 54.4 Å². The summed E-state index contributed by atoms with van der Waals surface area (Å²) in [6, 6.07) is 5.87. The van der Waals surface area contributed by atoms with Crippen molar-refractivity contribution in [2.75, 3.05) is 32.2 Å². The molecule has 1 aromatic carbocycles. The van der Waals surface area contributed by atoms with Crippen LogP contribution in [0.5, 0.6) is 5.75 Å². The van der Waals surface area contributed by atoms with Crippen molar-refractivity contribution in [3.8, 4) is 5.75 Å². The van der Waals surface area contributed by atoms with E-state index < -0.39 is 36.9 Å². The highest BCUT2D eigenvalue weighted by molar-refractivity contribution is 7.80. The fraction of sp³-hybridized carbons (Fsp3) is 0.788. The Bertz CT molecular complexity index is 824. The summed E-state index contributed by atoms with van der Waals surface area (Å²) in [5.41, 5.74) is 2.17. The maximum atomic E-state index is 9.45. The third-order valence-corrected chi connectivity index (χ3v) is 6.62. The first kappa shape index (κ1) is 45.6. The lowest BCUT2D eigenvalue weighted by atomic mass is 10.0. The van der Waals surface area contributed by atoms with Crippen molar-refractivity contribution in [1.29, 1.82) is 0 Å². The van der Waals surface area contributed by atoms with Crippen molar-refractivity contribution >= 4 is 18.6 Å². The third-order valence-electron chi connectivity index (χ3n) is 6.30. The van der Waals surface area contributed by atoms with Crippen LogP contribution < -0.4 is 0 Å². The average molecular weight is 667 g/mol. The Morgan fingerprint density at radius 2 is 1.49 bits per heavy atom. The molecule has 0 saturated carbocycles. The minimum Gasteiger partial charge on any atom is -0.508 e. The lowest BCUT2D eigenvalue weighted by Crippen LogP contribution is -2.58. The first-order valence-corrected chi connectivity index (χ1v) is 16.9. The molecule has 1 aromatic rings. The predicted octanol–water partition coefficient (Wildman–Crippen LogP) is 4.61. The van der Waals surface area contributed by atoms with Gasteiger partial charge in [-0.15, -0.1) is 0 Å². The number of carboxylic acids is 1. The average Bonchev–Trinajstić information content (AvgIpc) is 3.85. The summed E-state index contributed by atoms with van der Waals surface area (Å²) in [5.74, 6) is 0.706. The van der Waals surface area contributed by atoms with E-state index in [4.69, 9.17) is 34.3 Å². The zero-order valence-electron chi connectivity index (χ0n) is 28.3. The number of aliphatic hydroxyl groups excluding tert-OH is 4. The van der Waals surface area contributed by atoms with Gasteiger partial charge in [-0.25, -0.2) is 0 Å². The molecule has 2 aliphatic rings. The summed E-state index contributed by atoms with van der Waals surface area (Å²) in [7, 11) is 0. The van der Waals surface area contributed by atoms with Gasteiger partial charge in [-0.3, -0.25) is 4.79 Å². The van der Waals surface area contributed by atoms with Gasteiger partial charge >= 0.3 is 5.97 Å². The number of carboxylic acid groups (broad SMARTS) is 1. The molecule has 3 rings (SSSR count). The monoisotopic (exact) mass is 666 g/mol. The number of aliphatic carboxylic acids is 1. The zero-order valence-corrected chi connectivity index (χ0v) is 29.2. The highest BCUT2D eigenvalue weighted by atomic mass is 32.1. The predicted molar refractivity (Wildman–Crippen MR) is 179 cm³/mol. The van der Waals surface area contributed by atoms with Gasteiger partial charge in [0.15, 0.2) is 12.6 Å². The first-order chi connectivity index (χ1) is 21.4. The first-order valence-electron chi connectivity index (χ1n) is 16.2. The summed E-state index contributed by atoms with van der Waals surface area (Å²) in [6.45, 7) is 14.9. The molecule has 0 aliphatic carbocycles. The van der Waals surface area contributed by atoms with Gasteiger partial charge in [-0.05, 0) is 55.6 Å². The van der Waals surface area contributed by atoms with E-state index in [-0.39, 0.29) is 6.42 Å². The number of hydrogen-bond donors (Lipinski definition) is 7. The smallest absolute Gasteiger partial charge is 0.303 e. The number of phenols is 1. The lowest BCUT2D eigenvalue weighted by Gasteiger charge is -2.37. The number of thiol groups is 1. The molecule has 45 heavy (non-hydrogen) atoms. The standard InChI is InChI=1S/C10H14O.C9H18O6.C7H14O2.C4H10S.C3H6O2/c1-3-4-9-6-5-8(2)10(11)7-9;1-2-3-4-14-9-7(12)5(10)6(11)8(13)15-9;1-2-3-4-8-5-7-6-9-7;1-2-3-4-5;1-2-3(4)5/h5-7,11H,3-4H2,1-2H3;5-13H,2-4H2,1H3;7H,2-6H2,1H3;5H,2-4H2,1H3;2H2,1H3,(H,4,5). The van der Waals surface area contributed by atoms with Gasteiger partial charge in [-0.1, -0.05) is 72.4 Å². The van der Waals surface area contributed by atoms with E-state index in [0.29, 0.717) is 18.5 Å². The second-order valence-corrected chi connectivity index (χ2v) is 11.1. The number of hydrogen-bond acceptors (Lipinski definition) is 11. The van der Waals surface area contributed by atoms with Crippen LogP contribution in [-0.4, -0.2) is 106 Å². The molecule has 12 heteroatoms. The van der Waals surface area contributed by atoms with Crippen LogP contribution in [-0.2, 0) is 30.2 Å². The number of unbranched alkanes of at least 4 members (excludes halogenated alkanes) is 3. The quantitative estimate of drug-likeness (QED) is 0.0838. The van der Waals surface area contributed by atoms with E-state index in [1.165, 1.54) is 31.2 Å². The number of epoxide rings is 1. The van der Waals surface area contributed by atoms with Gasteiger partial charge in [0.05, 0.1) is 13.2 Å². The fourth-order valence-electron chi connectivity index (χ4n) is 3.19. The summed E-state index contributed by atoms with van der Waals surface area (Å²) in [4.78, 5) is 9.37. The fourth-order valence-corrected chi connectivity index (χ4v) is 3.51. The molecule has 0 radical (unpaired) electrons. The molecule has 2 saturated heterocycles. The van der Waals surface area contributed by atoms with Crippen LogP contribution in [0.1, 0.15) is 97.1 Å². The summed E-state index contributed by atoms with van der Waals surface area (Å²) in [5, 5.41) is 54.2. The molecule has 266 valence electrons. The Morgan fingerprint density at radius 3 is 1.93 bits per heavy atom. The molecule has 6 atom stereocenters. The number of rotatable bonds is 14. The number of aliphatic hydroxyl groups is 4. The molecule has 2 fully saturated rings. The molecule has 2 heterocycles. The molecular weight excluding hydrogens is 604 g/mol. The largest absolute Gasteiger partial charge is 0.508 e. The second-order valence-electron chi connectivity index (χ2n) is 10.7. The van der Waals surface area contributed by atoms with Gasteiger partial charge in [0.1, 0.15) is 30.2 Å². The van der Waals surface area contributed by atoms with Gasteiger partial charge in [0.2, 0.25) is 0 Å². The lowest BCUT2D eigenvalue weighted by molar-refractivity contribution is -0.340. The molecule has 6 N–H and O–H groups in total. The maximum Gasteiger partial charge on any atom is 0.303 e. The summed E-state index contributed by atoms with van der Waals surface area (Å²) >= 11 is 4.00. The summed E-state index contributed by atoms with van der Waals surface area (Å²) < 4.78 is 20.2. The van der Waals surface area contributed by atoms with Crippen molar-refractivity contribution in [3.05, 3.63) is 29.3 Å². The number of ether oxygens (including phenoxy) is 4. The molecule has 0 aromatic heterocycles. The molecule has 0 bridgehead atoms. The number of benzene rings is 1. The normalized spacial score (nSPS) is 23.0. The number of aryl methyl sites for hydroxylation is 2. The van der Waals surface area contributed by atoms with Crippen LogP contribution in [0.25, 0.3) is 0 Å². The van der Waals surface area contributed by atoms with E-state index in [9.17, 15) is 20.1 Å². The highest BCUT2D eigenvalue weighted by Gasteiger charge is 2.43. The summed E-state index contributed by atoms with van der Waals surface area (Å²) in [6.07, 6.45) is 2.52. The molecule has 2 aliphatic heterocycles. The SMILES string of the molecule is CCC(=O)O.CCCCOC1OC(O)C(O)C(O)C1O.CCCCOCC1CO1.CCCCS.CCCc1ccc(C)c(O)c1. The van der Waals surface area contributed by atoms with Gasteiger partial charge in [0, 0.05) is 19.6 Å². The van der Waals surface area contributed by atoms with Gasteiger partial charge < -0.3 is 49.6 Å². The Balaban J connectivity index is 0. The Kier molecular flexibility index (Phi) is 30.3. The van der Waals surface area contributed by atoms with Gasteiger partial charge in [-0.2, -0.15) is 12.6 Å². The Hall–Kier alpha value is -1.48. The maximum absolute atomic E-state index is 9.45. The highest BCUT2D eigenvalue weighted by Crippen LogP contribution is 2.21. The van der Waals surface area contributed by atoms with Crippen molar-refractivity contribution in [3.63, 3.8) is 0 Å². The number of aromatic hydroxyl groups is 1. The van der Waals surface area contributed by atoms with Gasteiger partial charge in [0.25, 0.3) is 0 Å². The van der Waals surface area contributed by atoms with E-state index in [1.54, 1.807) is 6.92 Å². The third kappa shape index (κ3) is 25.3. The Labute approximate surface area is 276 Å². The zero-order chi connectivity index (χ0) is 34.6. The topological polar surface area (TPSA) is 179 Å². The minimum absolute atomic E-state index is 0.222. The van der Waals surface area contributed by atoms with Crippen LogP contribution >= 0.6 is 12.6 Å². The second kappa shape index (κ2) is 29.9. The van der Waals surface area contributed by atoms with E-state index >= 15 is 0 Å². The van der Waals surface area contributed by atoms with Crippen LogP contribution in [0.2, 0.25) is 0 Å². The van der Waals surface area contributed by atoms with Crippen LogP contribution in [0, 0.1) is 6.92 Å². The Morgan fingerprint density at radius 1 is 0.911 bits per heavy atom. The van der Waals surface area contributed by atoms with Crippen LogP contribution in [0.4, 0.5) is 0 Å². The van der Waals surface area contributed by atoms with E-state index in [2.05, 4.69) is 39.5 Å². The molecule has 11 nitrogen and oxygen atoms in total. The van der Waals surface area contributed by atoms with Crippen LogP contribution in [0.3, 0.4) is 0 Å². The molecule has 0 spiro atoms. The number of phenolic OH excluding ortho intramolecular Hbond substituents is 1. The van der Waals surface area contributed by atoms with Crippen LogP contribution in [0.15, 0.2) is 18.2 Å². The molecule has 6 unspecified atom stereocenters. The van der Waals surface area contributed by atoms with Crippen molar-refractivity contribution in [2.24, 2.45) is 0 Å². The van der Waals surface area contributed by atoms with Crippen molar-refractivity contribution in [2.45, 2.75) is 136 Å². The van der Waals surface area contributed by atoms with E-state index in [0.717, 1.165) is 56.8 Å². The van der Waals surface area contributed by atoms with E-state index in [1.807, 2.05) is 26.0 Å². The molecular formula is C33H62O11S. The minimum atomic E-state index is -1.53. The number of carbonyl (C=O) groups is 1.